The number of aromatic nitrogens is 1. The molecule has 0 aromatic carbocycles. The Bertz CT molecular complexity index is 346. The highest BCUT2D eigenvalue weighted by molar-refractivity contribution is 7.13. The Morgan fingerprint density at radius 1 is 1.37 bits per heavy atom. The molecule has 1 aromatic heterocycles. The molecule has 1 rings (SSSR count). The van der Waals surface area contributed by atoms with Crippen LogP contribution in [0.3, 0.4) is 0 Å². The second kappa shape index (κ2) is 9.85. The van der Waals surface area contributed by atoms with Crippen LogP contribution in [0.4, 0.5) is 5.13 Å². The molecule has 0 unspecified atom stereocenters. The van der Waals surface area contributed by atoms with Gasteiger partial charge in [0.25, 0.3) is 0 Å². The molecule has 0 saturated carbocycles. The molecule has 1 amide bonds. The van der Waals surface area contributed by atoms with Crippen LogP contribution in [0.1, 0.15) is 6.42 Å². The molecule has 0 saturated heterocycles. The normalized spacial score (nSPS) is 10.9. The molecule has 19 heavy (non-hydrogen) atoms. The van der Waals surface area contributed by atoms with E-state index in [1.807, 2.05) is 10.3 Å². The van der Waals surface area contributed by atoms with Crippen LogP contribution in [0.5, 0.6) is 0 Å². The minimum Gasteiger partial charge on any atom is -0.385 e. The fourth-order valence-electron chi connectivity index (χ4n) is 1.57. The molecule has 108 valence electrons. The van der Waals surface area contributed by atoms with Crippen molar-refractivity contribution in [3.05, 3.63) is 11.6 Å². The van der Waals surface area contributed by atoms with E-state index in [-0.39, 0.29) is 5.91 Å². The van der Waals surface area contributed by atoms with Crippen molar-refractivity contribution < 1.29 is 14.3 Å². The van der Waals surface area contributed by atoms with Crippen LogP contribution in [0.2, 0.25) is 0 Å². The van der Waals surface area contributed by atoms with Crippen molar-refractivity contribution in [2.75, 3.05) is 52.4 Å². The van der Waals surface area contributed by atoms with Gasteiger partial charge in [-0.15, -0.1) is 11.3 Å². The third kappa shape index (κ3) is 7.22. The Morgan fingerprint density at radius 2 is 2.16 bits per heavy atom. The van der Waals surface area contributed by atoms with Gasteiger partial charge < -0.3 is 14.8 Å². The van der Waals surface area contributed by atoms with Crippen molar-refractivity contribution in [1.82, 2.24) is 9.88 Å². The Morgan fingerprint density at radius 3 is 2.79 bits per heavy atom. The molecule has 1 N–H and O–H groups in total. The smallest absolute Gasteiger partial charge is 0.240 e. The lowest BCUT2D eigenvalue weighted by Gasteiger charge is -2.20. The van der Waals surface area contributed by atoms with Crippen LogP contribution in [0.25, 0.3) is 0 Å². The molecule has 0 aliphatic rings. The molecule has 0 radical (unpaired) electrons. The Kier molecular flexibility index (Phi) is 8.31. The van der Waals surface area contributed by atoms with Crippen molar-refractivity contribution in [3.8, 4) is 0 Å². The van der Waals surface area contributed by atoms with Crippen LogP contribution in [-0.4, -0.2) is 62.9 Å². The van der Waals surface area contributed by atoms with Gasteiger partial charge in [0.05, 0.1) is 13.2 Å². The Balaban J connectivity index is 2.34. The van der Waals surface area contributed by atoms with Crippen molar-refractivity contribution in [1.29, 1.82) is 0 Å². The number of rotatable bonds is 10. The first-order valence-electron chi connectivity index (χ1n) is 6.16. The van der Waals surface area contributed by atoms with Gasteiger partial charge >= 0.3 is 0 Å². The highest BCUT2D eigenvalue weighted by Crippen LogP contribution is 2.09. The van der Waals surface area contributed by atoms with Gasteiger partial charge in [0.15, 0.2) is 5.13 Å². The SMILES string of the molecule is COCCCN(CCOC)CC(=O)Nc1nccs1. The first-order valence-corrected chi connectivity index (χ1v) is 7.03. The minimum atomic E-state index is -0.0523. The summed E-state index contributed by atoms with van der Waals surface area (Å²) in [5, 5.41) is 5.24. The van der Waals surface area contributed by atoms with Crippen molar-refractivity contribution in [3.63, 3.8) is 0 Å². The van der Waals surface area contributed by atoms with E-state index in [0.717, 1.165) is 19.5 Å². The highest BCUT2D eigenvalue weighted by Gasteiger charge is 2.11. The van der Waals surface area contributed by atoms with E-state index >= 15 is 0 Å². The summed E-state index contributed by atoms with van der Waals surface area (Å²) in [6.45, 7) is 3.18. The van der Waals surface area contributed by atoms with Gasteiger partial charge in [0.1, 0.15) is 0 Å². The summed E-state index contributed by atoms with van der Waals surface area (Å²) in [6.07, 6.45) is 2.56. The number of hydrogen-bond acceptors (Lipinski definition) is 6. The quantitative estimate of drug-likeness (QED) is 0.652. The number of methoxy groups -OCH3 is 2. The van der Waals surface area contributed by atoms with Gasteiger partial charge in [-0.3, -0.25) is 9.69 Å². The molecular formula is C12H21N3O3S. The summed E-state index contributed by atoms with van der Waals surface area (Å²) < 4.78 is 10.1. The molecule has 0 spiro atoms. The number of carbonyl (C=O) groups is 1. The third-order valence-corrected chi connectivity index (χ3v) is 3.17. The molecule has 0 atom stereocenters. The zero-order chi connectivity index (χ0) is 13.9. The number of hydrogen-bond donors (Lipinski definition) is 1. The van der Waals surface area contributed by atoms with Crippen molar-refractivity contribution >= 4 is 22.4 Å². The van der Waals surface area contributed by atoms with Crippen molar-refractivity contribution in [2.24, 2.45) is 0 Å². The summed E-state index contributed by atoms with van der Waals surface area (Å²) >= 11 is 1.41. The van der Waals surface area contributed by atoms with Gasteiger partial charge in [0, 0.05) is 45.5 Å². The number of anilines is 1. The zero-order valence-electron chi connectivity index (χ0n) is 11.4. The topological polar surface area (TPSA) is 63.7 Å². The van der Waals surface area contributed by atoms with Crippen LogP contribution >= 0.6 is 11.3 Å². The molecule has 0 aliphatic carbocycles. The molecule has 0 bridgehead atoms. The molecule has 1 aromatic rings. The maximum atomic E-state index is 11.9. The van der Waals surface area contributed by atoms with Gasteiger partial charge in [-0.05, 0) is 6.42 Å². The summed E-state index contributed by atoms with van der Waals surface area (Å²) in [5.74, 6) is -0.0523. The number of amides is 1. The standard InChI is InChI=1S/C12H21N3O3S/c1-17-7-3-5-15(6-8-18-2)10-11(16)14-12-13-4-9-19-12/h4,9H,3,5-8,10H2,1-2H3,(H,13,14,16). The maximum absolute atomic E-state index is 11.9. The van der Waals surface area contributed by atoms with Gasteiger partial charge in [-0.1, -0.05) is 0 Å². The summed E-state index contributed by atoms with van der Waals surface area (Å²) in [4.78, 5) is 17.9. The molecule has 1 heterocycles. The van der Waals surface area contributed by atoms with E-state index in [4.69, 9.17) is 9.47 Å². The van der Waals surface area contributed by atoms with Crippen LogP contribution in [0, 0.1) is 0 Å². The van der Waals surface area contributed by atoms with Crippen LogP contribution < -0.4 is 5.32 Å². The number of carbonyl (C=O) groups excluding carboxylic acids is 1. The fourth-order valence-corrected chi connectivity index (χ4v) is 2.11. The Labute approximate surface area is 117 Å². The van der Waals surface area contributed by atoms with E-state index in [1.165, 1.54) is 11.3 Å². The number of nitrogens with one attached hydrogen (secondary N) is 1. The van der Waals surface area contributed by atoms with E-state index in [2.05, 4.69) is 10.3 Å². The zero-order valence-corrected chi connectivity index (χ0v) is 12.2. The second-order valence-corrected chi connectivity index (χ2v) is 4.90. The first-order chi connectivity index (χ1) is 9.26. The van der Waals surface area contributed by atoms with Gasteiger partial charge in [-0.25, -0.2) is 4.98 Å². The van der Waals surface area contributed by atoms with Crippen LogP contribution in [0.15, 0.2) is 11.6 Å². The van der Waals surface area contributed by atoms with Gasteiger partial charge in [0.2, 0.25) is 5.91 Å². The molecule has 7 heteroatoms. The first kappa shape index (κ1) is 16.0. The number of nitrogens with zero attached hydrogens (tertiary/aromatic N) is 2. The van der Waals surface area contributed by atoms with Crippen LogP contribution in [-0.2, 0) is 14.3 Å². The third-order valence-electron chi connectivity index (χ3n) is 2.48. The molecule has 0 fully saturated rings. The Hall–Kier alpha value is -1.02. The molecule has 0 aliphatic heterocycles. The predicted molar refractivity (Wildman–Crippen MR) is 75.6 cm³/mol. The summed E-state index contributed by atoms with van der Waals surface area (Å²) in [6, 6.07) is 0. The van der Waals surface area contributed by atoms with Crippen molar-refractivity contribution in [2.45, 2.75) is 6.42 Å². The van der Waals surface area contributed by atoms with E-state index in [1.54, 1.807) is 20.4 Å². The number of ether oxygens (including phenoxy) is 2. The summed E-state index contributed by atoms with van der Waals surface area (Å²) in [5.41, 5.74) is 0. The largest absolute Gasteiger partial charge is 0.385 e. The maximum Gasteiger partial charge on any atom is 0.240 e. The summed E-state index contributed by atoms with van der Waals surface area (Å²) in [7, 11) is 3.33. The second-order valence-electron chi connectivity index (χ2n) is 4.00. The average molecular weight is 287 g/mol. The van der Waals surface area contributed by atoms with E-state index in [0.29, 0.717) is 24.9 Å². The van der Waals surface area contributed by atoms with E-state index in [9.17, 15) is 4.79 Å². The molecule has 6 nitrogen and oxygen atoms in total. The average Bonchev–Trinajstić information content (AvgIpc) is 2.88. The minimum absolute atomic E-state index is 0.0523. The van der Waals surface area contributed by atoms with E-state index < -0.39 is 0 Å². The monoisotopic (exact) mass is 287 g/mol. The highest BCUT2D eigenvalue weighted by atomic mass is 32.1. The number of thiazole rings is 1. The lowest BCUT2D eigenvalue weighted by Crippen LogP contribution is -2.36. The molecular weight excluding hydrogens is 266 g/mol. The lowest BCUT2D eigenvalue weighted by molar-refractivity contribution is -0.117. The fraction of sp³-hybridized carbons (Fsp3) is 0.667. The lowest BCUT2D eigenvalue weighted by atomic mass is 10.3. The predicted octanol–water partition coefficient (Wildman–Crippen LogP) is 1.07. The van der Waals surface area contributed by atoms with Gasteiger partial charge in [-0.2, -0.15) is 0 Å².